The van der Waals surface area contributed by atoms with Crippen LogP contribution in [0, 0.1) is 0 Å². The largest absolute Gasteiger partial charge is 0.477 e. The van der Waals surface area contributed by atoms with Gasteiger partial charge in [-0.05, 0) is 24.3 Å². The molecule has 134 valence electrons. The van der Waals surface area contributed by atoms with E-state index in [0.29, 0.717) is 34.8 Å². The number of H-pyrrole nitrogens is 1. The van der Waals surface area contributed by atoms with Gasteiger partial charge in [-0.25, -0.2) is 4.79 Å². The van der Waals surface area contributed by atoms with Crippen LogP contribution in [0.4, 0.5) is 11.5 Å². The molecule has 2 aromatic heterocycles. The van der Waals surface area contributed by atoms with Gasteiger partial charge in [-0.1, -0.05) is 6.07 Å². The summed E-state index contributed by atoms with van der Waals surface area (Å²) < 4.78 is 5.36. The van der Waals surface area contributed by atoms with Crippen molar-refractivity contribution in [3.8, 4) is 0 Å². The monoisotopic (exact) mass is 372 g/mol. The zero-order chi connectivity index (χ0) is 18.1. The van der Waals surface area contributed by atoms with E-state index in [1.165, 1.54) is 6.07 Å². The number of aromatic carboxylic acids is 1. The van der Waals surface area contributed by atoms with Gasteiger partial charge < -0.3 is 20.1 Å². The highest BCUT2D eigenvalue weighted by atomic mass is 32.1. The van der Waals surface area contributed by atoms with Gasteiger partial charge in [0.2, 0.25) is 0 Å². The molecule has 3 heterocycles. The molecular weight excluding hydrogens is 356 g/mol. The van der Waals surface area contributed by atoms with Crippen molar-refractivity contribution >= 4 is 44.9 Å². The zero-order valence-corrected chi connectivity index (χ0v) is 14.5. The van der Waals surface area contributed by atoms with Crippen LogP contribution < -0.4 is 10.2 Å². The molecule has 1 fully saturated rings. The van der Waals surface area contributed by atoms with E-state index >= 15 is 0 Å². The number of benzene rings is 1. The average molecular weight is 372 g/mol. The molecule has 26 heavy (non-hydrogen) atoms. The van der Waals surface area contributed by atoms with Crippen LogP contribution in [-0.2, 0) is 4.74 Å². The molecule has 1 aromatic carbocycles. The maximum atomic E-state index is 12.6. The Hall–Kier alpha value is -2.91. The molecule has 8 nitrogen and oxygen atoms in total. The zero-order valence-electron chi connectivity index (χ0n) is 13.7. The van der Waals surface area contributed by atoms with Gasteiger partial charge in [0.25, 0.3) is 5.91 Å². The third-order valence-electron chi connectivity index (χ3n) is 4.18. The van der Waals surface area contributed by atoms with Crippen molar-refractivity contribution in [3.05, 3.63) is 40.8 Å². The van der Waals surface area contributed by atoms with Gasteiger partial charge in [0.15, 0.2) is 5.82 Å². The number of carbonyl (C=O) groups excluding carboxylic acids is 1. The predicted octanol–water partition coefficient (Wildman–Crippen LogP) is 2.41. The number of anilines is 2. The molecular formula is C17H16N4O4S. The summed E-state index contributed by atoms with van der Waals surface area (Å²) in [5.74, 6) is -0.975. The van der Waals surface area contributed by atoms with Gasteiger partial charge in [-0.15, -0.1) is 11.3 Å². The highest BCUT2D eigenvalue weighted by Crippen LogP contribution is 2.29. The molecule has 0 saturated carbocycles. The number of hydrogen-bond donors (Lipinski definition) is 3. The van der Waals surface area contributed by atoms with E-state index in [9.17, 15) is 9.59 Å². The molecule has 1 amide bonds. The van der Waals surface area contributed by atoms with E-state index in [-0.39, 0.29) is 10.8 Å². The number of thiophene rings is 1. The van der Waals surface area contributed by atoms with Gasteiger partial charge in [-0.2, -0.15) is 5.10 Å². The molecule has 0 aliphatic carbocycles. The molecule has 0 spiro atoms. The second kappa shape index (κ2) is 6.77. The van der Waals surface area contributed by atoms with Crippen molar-refractivity contribution in [2.45, 2.75) is 0 Å². The third kappa shape index (κ3) is 3.14. The van der Waals surface area contributed by atoms with Crippen LogP contribution in [0.1, 0.15) is 20.0 Å². The molecule has 0 atom stereocenters. The van der Waals surface area contributed by atoms with E-state index in [1.807, 2.05) is 18.2 Å². The quantitative estimate of drug-likeness (QED) is 0.649. The second-order valence-corrected chi connectivity index (χ2v) is 6.89. The minimum Gasteiger partial charge on any atom is -0.477 e. The highest BCUT2D eigenvalue weighted by molar-refractivity contribution is 7.20. The Morgan fingerprint density at radius 2 is 2.08 bits per heavy atom. The summed E-state index contributed by atoms with van der Waals surface area (Å²) in [5, 5.41) is 19.2. The van der Waals surface area contributed by atoms with Crippen molar-refractivity contribution in [1.29, 1.82) is 0 Å². The van der Waals surface area contributed by atoms with Crippen LogP contribution in [-0.4, -0.2) is 53.5 Å². The van der Waals surface area contributed by atoms with Crippen LogP contribution in [0.2, 0.25) is 0 Å². The van der Waals surface area contributed by atoms with Gasteiger partial charge in [0.1, 0.15) is 9.71 Å². The number of carboxylic acid groups (broad SMARTS) is 1. The smallest absolute Gasteiger partial charge is 0.345 e. The Kier molecular flexibility index (Phi) is 4.31. The summed E-state index contributed by atoms with van der Waals surface area (Å²) in [6.45, 7) is 2.92. The number of aromatic nitrogens is 2. The van der Waals surface area contributed by atoms with E-state index < -0.39 is 5.97 Å². The first-order valence-corrected chi connectivity index (χ1v) is 8.89. The molecule has 0 bridgehead atoms. The maximum absolute atomic E-state index is 12.6. The first-order valence-electron chi connectivity index (χ1n) is 8.07. The fourth-order valence-corrected chi connectivity index (χ4v) is 3.70. The first-order chi connectivity index (χ1) is 12.6. The molecule has 1 aliphatic heterocycles. The minimum absolute atomic E-state index is 0.193. The summed E-state index contributed by atoms with van der Waals surface area (Å²) in [6, 6.07) is 8.88. The lowest BCUT2D eigenvalue weighted by Crippen LogP contribution is -2.36. The summed E-state index contributed by atoms with van der Waals surface area (Å²) in [7, 11) is 0. The lowest BCUT2D eigenvalue weighted by atomic mass is 10.1. The Morgan fingerprint density at radius 1 is 1.27 bits per heavy atom. The van der Waals surface area contributed by atoms with E-state index in [0.717, 1.165) is 30.1 Å². The van der Waals surface area contributed by atoms with Crippen LogP contribution in [0.3, 0.4) is 0 Å². The van der Waals surface area contributed by atoms with Crippen molar-refractivity contribution in [2.75, 3.05) is 36.5 Å². The molecule has 3 N–H and O–H groups in total. The predicted molar refractivity (Wildman–Crippen MR) is 98.4 cm³/mol. The third-order valence-corrected chi connectivity index (χ3v) is 5.21. The SMILES string of the molecule is O=C(Nc1n[nH]c2sc(C(=O)O)cc12)c1cccc(N2CCOCC2)c1. The fraction of sp³-hybridized carbons (Fsp3) is 0.235. The lowest BCUT2D eigenvalue weighted by molar-refractivity contribution is 0.0702. The topological polar surface area (TPSA) is 108 Å². The van der Waals surface area contributed by atoms with Crippen LogP contribution >= 0.6 is 11.3 Å². The van der Waals surface area contributed by atoms with Gasteiger partial charge in [0.05, 0.1) is 18.6 Å². The molecule has 3 aromatic rings. The number of morpholine rings is 1. The van der Waals surface area contributed by atoms with Gasteiger partial charge >= 0.3 is 5.97 Å². The number of nitrogens with zero attached hydrogens (tertiary/aromatic N) is 2. The number of nitrogens with one attached hydrogen (secondary N) is 2. The molecule has 0 radical (unpaired) electrons. The van der Waals surface area contributed by atoms with Crippen molar-refractivity contribution in [2.24, 2.45) is 0 Å². The number of fused-ring (bicyclic) bond motifs is 1. The Labute approximate surface area is 152 Å². The number of rotatable bonds is 4. The minimum atomic E-state index is -1.00. The molecule has 0 unspecified atom stereocenters. The number of carbonyl (C=O) groups is 2. The summed E-state index contributed by atoms with van der Waals surface area (Å²) in [5.41, 5.74) is 1.48. The van der Waals surface area contributed by atoms with Crippen LogP contribution in [0.15, 0.2) is 30.3 Å². The average Bonchev–Trinajstić information content (AvgIpc) is 3.25. The highest BCUT2D eigenvalue weighted by Gasteiger charge is 2.17. The van der Waals surface area contributed by atoms with E-state index in [1.54, 1.807) is 6.07 Å². The number of aromatic amines is 1. The normalized spacial score (nSPS) is 14.5. The summed E-state index contributed by atoms with van der Waals surface area (Å²) in [6.07, 6.45) is 0. The van der Waals surface area contributed by atoms with Gasteiger partial charge in [0, 0.05) is 24.3 Å². The molecule has 9 heteroatoms. The van der Waals surface area contributed by atoms with Gasteiger partial charge in [-0.3, -0.25) is 9.89 Å². The number of carboxylic acids is 1. The lowest BCUT2D eigenvalue weighted by Gasteiger charge is -2.29. The summed E-state index contributed by atoms with van der Waals surface area (Å²) in [4.78, 5) is 26.7. The Bertz CT molecular complexity index is 974. The molecule has 1 saturated heterocycles. The van der Waals surface area contributed by atoms with E-state index in [4.69, 9.17) is 9.84 Å². The standard InChI is InChI=1S/C17H16N4O4S/c22-15(10-2-1-3-11(8-10)21-4-6-25-7-5-21)18-14-12-9-13(17(23)24)26-16(12)20-19-14/h1-3,8-9H,4-7H2,(H,23,24)(H2,18,19,20,22). The Morgan fingerprint density at radius 3 is 2.85 bits per heavy atom. The molecule has 4 rings (SSSR count). The van der Waals surface area contributed by atoms with Crippen molar-refractivity contribution in [1.82, 2.24) is 10.2 Å². The van der Waals surface area contributed by atoms with Crippen molar-refractivity contribution < 1.29 is 19.4 Å². The number of hydrogen-bond acceptors (Lipinski definition) is 6. The first kappa shape index (κ1) is 16.6. The summed E-state index contributed by atoms with van der Waals surface area (Å²) >= 11 is 1.08. The van der Waals surface area contributed by atoms with Crippen LogP contribution in [0.25, 0.3) is 10.2 Å². The Balaban J connectivity index is 1.55. The van der Waals surface area contributed by atoms with Crippen molar-refractivity contribution in [3.63, 3.8) is 0 Å². The molecule has 1 aliphatic rings. The second-order valence-electron chi connectivity index (χ2n) is 5.83. The number of amides is 1. The number of ether oxygens (including phenoxy) is 1. The van der Waals surface area contributed by atoms with Crippen LogP contribution in [0.5, 0.6) is 0 Å². The fourth-order valence-electron chi connectivity index (χ4n) is 2.86. The maximum Gasteiger partial charge on any atom is 0.345 e. The van der Waals surface area contributed by atoms with E-state index in [2.05, 4.69) is 20.4 Å².